The van der Waals surface area contributed by atoms with E-state index in [1.54, 1.807) is 25.3 Å². The average Bonchev–Trinajstić information content (AvgIpc) is 2.84. The quantitative estimate of drug-likeness (QED) is 0.493. The molecule has 2 aromatic carbocycles. The summed E-state index contributed by atoms with van der Waals surface area (Å²) in [5, 5.41) is 10.8. The topological polar surface area (TPSA) is 78.7 Å². The lowest BCUT2D eigenvalue weighted by atomic mass is 10.1. The fraction of sp³-hybridized carbons (Fsp3) is 0.0625. The molecule has 22 heavy (non-hydrogen) atoms. The molecule has 2 aromatic rings. The first kappa shape index (κ1) is 13.8. The Morgan fingerprint density at radius 2 is 1.86 bits per heavy atom. The Morgan fingerprint density at radius 3 is 2.50 bits per heavy atom. The van der Waals surface area contributed by atoms with Gasteiger partial charge >= 0.3 is 5.97 Å². The zero-order valence-corrected chi connectivity index (χ0v) is 11.6. The highest BCUT2D eigenvalue weighted by Gasteiger charge is 2.28. The minimum atomic E-state index is -0.585. The van der Waals surface area contributed by atoms with Gasteiger partial charge in [0.15, 0.2) is 0 Å². The number of carbonyl (C=O) groups is 1. The molecule has 6 nitrogen and oxygen atoms in total. The van der Waals surface area contributed by atoms with Crippen molar-refractivity contribution < 1.29 is 19.2 Å². The standard InChI is InChI=1S/C16H11NO5/c1-21-12-5-2-10(3-6-12)8-15-13-7-4-11(17(19)20)9-14(13)16(18)22-15/h2-9H,1H3. The van der Waals surface area contributed by atoms with Gasteiger partial charge in [-0.15, -0.1) is 0 Å². The van der Waals surface area contributed by atoms with E-state index in [0.29, 0.717) is 11.3 Å². The molecule has 0 atom stereocenters. The van der Waals surface area contributed by atoms with Crippen LogP contribution in [0.3, 0.4) is 0 Å². The maximum atomic E-state index is 11.8. The lowest BCUT2D eigenvalue weighted by Gasteiger charge is -2.01. The fourth-order valence-electron chi connectivity index (χ4n) is 2.20. The average molecular weight is 297 g/mol. The van der Waals surface area contributed by atoms with Gasteiger partial charge in [0.25, 0.3) is 5.69 Å². The number of hydrogen-bond donors (Lipinski definition) is 0. The first-order chi connectivity index (χ1) is 10.6. The summed E-state index contributed by atoms with van der Waals surface area (Å²) in [5.41, 5.74) is 1.44. The van der Waals surface area contributed by atoms with Gasteiger partial charge in [-0.05, 0) is 29.8 Å². The summed E-state index contributed by atoms with van der Waals surface area (Å²) in [4.78, 5) is 22.1. The van der Waals surface area contributed by atoms with Crippen molar-refractivity contribution in [2.24, 2.45) is 0 Å². The predicted molar refractivity (Wildman–Crippen MR) is 79.4 cm³/mol. The molecule has 110 valence electrons. The molecule has 0 saturated heterocycles. The third-order valence-corrected chi connectivity index (χ3v) is 3.32. The van der Waals surface area contributed by atoms with Crippen molar-refractivity contribution in [1.29, 1.82) is 0 Å². The van der Waals surface area contributed by atoms with Crippen LogP contribution in [0.15, 0.2) is 42.5 Å². The Kier molecular flexibility index (Phi) is 3.34. The van der Waals surface area contributed by atoms with Gasteiger partial charge in [0.2, 0.25) is 0 Å². The Labute approximate surface area is 125 Å². The lowest BCUT2D eigenvalue weighted by molar-refractivity contribution is -0.384. The molecule has 1 aliphatic rings. The number of ether oxygens (including phenoxy) is 2. The van der Waals surface area contributed by atoms with Crippen molar-refractivity contribution in [2.45, 2.75) is 0 Å². The zero-order chi connectivity index (χ0) is 15.7. The SMILES string of the molecule is COc1ccc(C=C2OC(=O)c3cc([N+](=O)[O-])ccc32)cc1. The molecule has 0 spiro atoms. The molecule has 0 bridgehead atoms. The Hall–Kier alpha value is -3.15. The van der Waals surface area contributed by atoms with Gasteiger partial charge in [0, 0.05) is 17.7 Å². The van der Waals surface area contributed by atoms with Gasteiger partial charge in [0.1, 0.15) is 11.5 Å². The van der Waals surface area contributed by atoms with Crippen molar-refractivity contribution in [2.75, 3.05) is 7.11 Å². The van der Waals surface area contributed by atoms with Crippen molar-refractivity contribution in [3.63, 3.8) is 0 Å². The molecule has 6 heteroatoms. The molecular formula is C16H11NO5. The number of hydrogen-bond acceptors (Lipinski definition) is 5. The third kappa shape index (κ3) is 2.42. The first-order valence-corrected chi connectivity index (χ1v) is 6.45. The molecule has 0 N–H and O–H groups in total. The summed E-state index contributed by atoms with van der Waals surface area (Å²) in [7, 11) is 1.58. The second-order valence-electron chi connectivity index (χ2n) is 4.66. The maximum Gasteiger partial charge on any atom is 0.344 e. The number of benzene rings is 2. The fourth-order valence-corrected chi connectivity index (χ4v) is 2.20. The van der Waals surface area contributed by atoms with Crippen LogP contribution in [0.5, 0.6) is 5.75 Å². The van der Waals surface area contributed by atoms with Gasteiger partial charge in [-0.25, -0.2) is 4.79 Å². The summed E-state index contributed by atoms with van der Waals surface area (Å²) in [5.74, 6) is 0.514. The maximum absolute atomic E-state index is 11.8. The number of methoxy groups -OCH3 is 1. The summed E-state index contributed by atoms with van der Waals surface area (Å²) in [6, 6.07) is 11.3. The molecule has 3 rings (SSSR count). The number of nitrogens with zero attached hydrogens (tertiary/aromatic N) is 1. The van der Waals surface area contributed by atoms with E-state index in [0.717, 1.165) is 11.3 Å². The minimum Gasteiger partial charge on any atom is -0.497 e. The molecule has 0 saturated carbocycles. The second-order valence-corrected chi connectivity index (χ2v) is 4.66. The Morgan fingerprint density at radius 1 is 1.14 bits per heavy atom. The lowest BCUT2D eigenvalue weighted by Crippen LogP contribution is -1.95. The van der Waals surface area contributed by atoms with E-state index in [4.69, 9.17) is 9.47 Å². The van der Waals surface area contributed by atoms with Gasteiger partial charge in [0.05, 0.1) is 17.6 Å². The number of carbonyl (C=O) groups excluding carboxylic acids is 1. The Balaban J connectivity index is 1.99. The van der Waals surface area contributed by atoms with Gasteiger partial charge in [-0.2, -0.15) is 0 Å². The number of esters is 1. The van der Waals surface area contributed by atoms with E-state index >= 15 is 0 Å². The number of rotatable bonds is 3. The van der Waals surface area contributed by atoms with Crippen LogP contribution < -0.4 is 4.74 Å². The van der Waals surface area contributed by atoms with Crippen LogP contribution in [0.25, 0.3) is 11.8 Å². The monoisotopic (exact) mass is 297 g/mol. The number of fused-ring (bicyclic) bond motifs is 1. The molecule has 0 fully saturated rings. The molecule has 0 aromatic heterocycles. The van der Waals surface area contributed by atoms with Crippen LogP contribution in [-0.2, 0) is 4.74 Å². The van der Waals surface area contributed by atoms with Gasteiger partial charge in [-0.1, -0.05) is 12.1 Å². The summed E-state index contributed by atoms with van der Waals surface area (Å²) < 4.78 is 10.3. The number of cyclic esters (lactones) is 1. The van der Waals surface area contributed by atoms with Crippen molar-refractivity contribution in [1.82, 2.24) is 0 Å². The third-order valence-electron chi connectivity index (χ3n) is 3.32. The van der Waals surface area contributed by atoms with Crippen LogP contribution in [-0.4, -0.2) is 18.0 Å². The first-order valence-electron chi connectivity index (χ1n) is 6.45. The summed E-state index contributed by atoms with van der Waals surface area (Å²) >= 11 is 0. The van der Waals surface area contributed by atoms with E-state index in [1.165, 1.54) is 18.2 Å². The van der Waals surface area contributed by atoms with Crippen LogP contribution in [0.1, 0.15) is 21.5 Å². The molecule has 0 unspecified atom stereocenters. The summed E-state index contributed by atoms with van der Waals surface area (Å²) in [6.07, 6.45) is 1.70. The van der Waals surface area contributed by atoms with E-state index < -0.39 is 10.9 Å². The minimum absolute atomic E-state index is 0.138. The van der Waals surface area contributed by atoms with E-state index in [1.807, 2.05) is 12.1 Å². The smallest absolute Gasteiger partial charge is 0.344 e. The van der Waals surface area contributed by atoms with Crippen molar-refractivity contribution in [3.8, 4) is 5.75 Å². The van der Waals surface area contributed by atoms with Crippen molar-refractivity contribution >= 4 is 23.5 Å². The second kappa shape index (κ2) is 5.33. The van der Waals surface area contributed by atoms with Crippen molar-refractivity contribution in [3.05, 3.63) is 69.3 Å². The van der Waals surface area contributed by atoms with Crippen LogP contribution in [0.2, 0.25) is 0 Å². The van der Waals surface area contributed by atoms with Crippen LogP contribution in [0, 0.1) is 10.1 Å². The van der Waals surface area contributed by atoms with Gasteiger partial charge < -0.3 is 9.47 Å². The number of nitro benzene ring substituents is 1. The zero-order valence-electron chi connectivity index (χ0n) is 11.6. The predicted octanol–water partition coefficient (Wildman–Crippen LogP) is 3.27. The number of non-ortho nitro benzene ring substituents is 1. The summed E-state index contributed by atoms with van der Waals surface area (Å²) in [6.45, 7) is 0. The largest absolute Gasteiger partial charge is 0.497 e. The van der Waals surface area contributed by atoms with Crippen LogP contribution >= 0.6 is 0 Å². The molecule has 1 heterocycles. The molecule has 1 aliphatic heterocycles. The highest BCUT2D eigenvalue weighted by atomic mass is 16.6. The number of nitro groups is 1. The van der Waals surface area contributed by atoms with Gasteiger partial charge in [-0.3, -0.25) is 10.1 Å². The molecular weight excluding hydrogens is 286 g/mol. The molecule has 0 radical (unpaired) electrons. The molecule has 0 amide bonds. The van der Waals surface area contributed by atoms with E-state index in [-0.39, 0.29) is 11.3 Å². The van der Waals surface area contributed by atoms with E-state index in [9.17, 15) is 14.9 Å². The normalized spacial score (nSPS) is 14.6. The van der Waals surface area contributed by atoms with E-state index in [2.05, 4.69) is 0 Å². The van der Waals surface area contributed by atoms with Crippen LogP contribution in [0.4, 0.5) is 5.69 Å². The highest BCUT2D eigenvalue weighted by Crippen LogP contribution is 2.33. The highest BCUT2D eigenvalue weighted by molar-refractivity contribution is 6.06. The molecule has 0 aliphatic carbocycles. The Bertz CT molecular complexity index is 793.